The lowest BCUT2D eigenvalue weighted by Gasteiger charge is -2.21. The van der Waals surface area contributed by atoms with Gasteiger partial charge in [-0.3, -0.25) is 37.3 Å². The molecular weight excluding hydrogens is 1150 g/mol. The van der Waals surface area contributed by atoms with Gasteiger partial charge < -0.3 is 33.8 Å². The van der Waals surface area contributed by atoms with Crippen molar-refractivity contribution in [3.63, 3.8) is 0 Å². The minimum absolute atomic E-state index is 0.106. The van der Waals surface area contributed by atoms with Gasteiger partial charge in [-0.15, -0.1) is 0 Å². The quantitative estimate of drug-likeness (QED) is 0.0222. The van der Waals surface area contributed by atoms with Crippen molar-refractivity contribution in [3.8, 4) is 0 Å². The number of rotatable bonds is 69. The Labute approximate surface area is 530 Å². The minimum Gasteiger partial charge on any atom is -0.462 e. The highest BCUT2D eigenvalue weighted by atomic mass is 31.2. The molecule has 3 N–H and O–H groups in total. The summed E-state index contributed by atoms with van der Waals surface area (Å²) in [4.78, 5) is 72.3. The second-order valence-corrected chi connectivity index (χ2v) is 27.5. The average molecular weight is 1280 g/mol. The van der Waals surface area contributed by atoms with Gasteiger partial charge in [-0.1, -0.05) is 304 Å². The van der Waals surface area contributed by atoms with E-state index in [-0.39, 0.29) is 25.7 Å². The number of carbonyl (C=O) groups is 4. The van der Waals surface area contributed by atoms with Gasteiger partial charge in [0.2, 0.25) is 0 Å². The van der Waals surface area contributed by atoms with Gasteiger partial charge in [0.25, 0.3) is 0 Å². The second-order valence-electron chi connectivity index (χ2n) is 24.6. The fourth-order valence-electron chi connectivity index (χ4n) is 10.3. The smallest absolute Gasteiger partial charge is 0.462 e. The maximum absolute atomic E-state index is 13.0. The number of unbranched alkanes of at least 4 members (excludes halogenated alkanes) is 43. The van der Waals surface area contributed by atoms with Crippen LogP contribution >= 0.6 is 15.6 Å². The third-order valence-corrected chi connectivity index (χ3v) is 17.8. The lowest BCUT2D eigenvalue weighted by molar-refractivity contribution is -0.161. The number of phosphoric ester groups is 2. The van der Waals surface area contributed by atoms with Crippen LogP contribution in [0.15, 0.2) is 0 Å². The van der Waals surface area contributed by atoms with Crippen molar-refractivity contribution in [1.82, 2.24) is 0 Å². The average Bonchev–Trinajstić information content (AvgIpc) is 3.71. The van der Waals surface area contributed by atoms with Crippen molar-refractivity contribution in [1.29, 1.82) is 0 Å². The topological polar surface area (TPSA) is 237 Å². The molecule has 516 valence electrons. The molecule has 0 saturated heterocycles. The number of hydrogen-bond acceptors (Lipinski definition) is 15. The van der Waals surface area contributed by atoms with Crippen LogP contribution in [0.3, 0.4) is 0 Å². The zero-order valence-electron chi connectivity index (χ0n) is 56.0. The molecule has 0 heterocycles. The summed E-state index contributed by atoms with van der Waals surface area (Å²) in [5, 5.41) is 10.5. The Bertz CT molecular complexity index is 1670. The van der Waals surface area contributed by atoms with Gasteiger partial charge in [0.15, 0.2) is 12.2 Å². The molecule has 0 bridgehead atoms. The SMILES string of the molecule is CCCCCCCCCCCCCCCCCCCC(=O)O[C@H](COC(=O)CCCCCCCCCCCCCCCC)COP(=O)(O)OC[C@@H](O)COP(=O)(O)OC[C@@H](COC(=O)CCCCCCCCC)OC(=O)CCCCCCCCCCC. The van der Waals surface area contributed by atoms with E-state index in [0.29, 0.717) is 25.7 Å². The van der Waals surface area contributed by atoms with Crippen LogP contribution in [0, 0.1) is 0 Å². The fourth-order valence-corrected chi connectivity index (χ4v) is 11.9. The summed E-state index contributed by atoms with van der Waals surface area (Å²) in [6.07, 6.45) is 50.1. The Kier molecular flexibility index (Phi) is 61.4. The molecule has 17 nitrogen and oxygen atoms in total. The molecule has 0 aliphatic carbocycles. The molecule has 0 aromatic rings. The second kappa shape index (κ2) is 62.8. The van der Waals surface area contributed by atoms with Gasteiger partial charge in [-0.05, 0) is 25.7 Å². The maximum atomic E-state index is 13.0. The summed E-state index contributed by atoms with van der Waals surface area (Å²) >= 11 is 0. The molecule has 0 aromatic heterocycles. The number of ether oxygens (including phenoxy) is 4. The molecule has 0 aromatic carbocycles. The molecule has 2 unspecified atom stereocenters. The van der Waals surface area contributed by atoms with Crippen molar-refractivity contribution in [3.05, 3.63) is 0 Å². The van der Waals surface area contributed by atoms with Crippen LogP contribution in [0.2, 0.25) is 0 Å². The summed E-state index contributed by atoms with van der Waals surface area (Å²) < 4.78 is 68.1. The lowest BCUT2D eigenvalue weighted by Crippen LogP contribution is -2.30. The molecule has 0 aliphatic heterocycles. The van der Waals surface area contributed by atoms with E-state index in [2.05, 4.69) is 27.7 Å². The summed E-state index contributed by atoms with van der Waals surface area (Å²) in [5.41, 5.74) is 0. The normalized spacial score (nSPS) is 14.1. The van der Waals surface area contributed by atoms with Gasteiger partial charge in [0, 0.05) is 25.7 Å². The lowest BCUT2D eigenvalue weighted by atomic mass is 10.0. The molecule has 0 rings (SSSR count). The van der Waals surface area contributed by atoms with E-state index in [9.17, 15) is 43.2 Å². The molecular formula is C68H132O17P2. The van der Waals surface area contributed by atoms with E-state index >= 15 is 0 Å². The molecule has 0 aliphatic rings. The highest BCUT2D eigenvalue weighted by Gasteiger charge is 2.30. The third kappa shape index (κ3) is 62.6. The molecule has 0 saturated carbocycles. The Morgan fingerprint density at radius 2 is 0.460 bits per heavy atom. The van der Waals surface area contributed by atoms with Crippen LogP contribution in [-0.2, 0) is 65.4 Å². The first-order chi connectivity index (χ1) is 42.2. The monoisotopic (exact) mass is 1280 g/mol. The standard InChI is InChI=1S/C68H132O17P2/c1-5-9-13-17-21-24-26-28-30-31-32-34-36-39-43-47-51-55-68(73)85-64(59-79-66(71)53-49-45-41-38-35-33-29-27-25-22-18-14-10-6-2)61-83-87(76,77)81-57-62(69)56-80-86(74,75)82-60-63(58-78-65(70)52-48-44-40-20-16-12-8-4)84-67(72)54-50-46-42-37-23-19-15-11-7-3/h62-64,69H,5-61H2,1-4H3,(H,74,75)(H,76,77)/t62-,63+,64+/m0/s1. The molecule has 0 radical (unpaired) electrons. The van der Waals surface area contributed by atoms with E-state index in [1.165, 1.54) is 173 Å². The number of aliphatic hydroxyl groups excluding tert-OH is 1. The zero-order chi connectivity index (χ0) is 64.0. The summed E-state index contributed by atoms with van der Waals surface area (Å²) in [7, 11) is -9.89. The van der Waals surface area contributed by atoms with Crippen molar-refractivity contribution in [2.45, 2.75) is 373 Å². The van der Waals surface area contributed by atoms with E-state index < -0.39 is 97.5 Å². The maximum Gasteiger partial charge on any atom is 0.472 e. The Morgan fingerprint density at radius 1 is 0.276 bits per heavy atom. The molecule has 0 amide bonds. The molecule has 5 atom stereocenters. The van der Waals surface area contributed by atoms with Crippen molar-refractivity contribution >= 4 is 39.5 Å². The Balaban J connectivity index is 5.18. The van der Waals surface area contributed by atoms with Crippen molar-refractivity contribution < 1.29 is 80.2 Å². The van der Waals surface area contributed by atoms with Gasteiger partial charge in [0.05, 0.1) is 26.4 Å². The molecule has 0 fully saturated rings. The minimum atomic E-state index is -4.95. The molecule has 87 heavy (non-hydrogen) atoms. The predicted octanol–water partition coefficient (Wildman–Crippen LogP) is 19.5. The zero-order valence-corrected chi connectivity index (χ0v) is 57.8. The van der Waals surface area contributed by atoms with Crippen LogP contribution in [0.25, 0.3) is 0 Å². The highest BCUT2D eigenvalue weighted by Crippen LogP contribution is 2.45. The van der Waals surface area contributed by atoms with Crippen molar-refractivity contribution in [2.75, 3.05) is 39.6 Å². The first-order valence-electron chi connectivity index (χ1n) is 35.8. The highest BCUT2D eigenvalue weighted by molar-refractivity contribution is 7.47. The summed E-state index contributed by atoms with van der Waals surface area (Å²) in [5.74, 6) is -2.13. The van der Waals surface area contributed by atoms with E-state index in [1.807, 2.05) is 0 Å². The molecule has 19 heteroatoms. The van der Waals surface area contributed by atoms with Crippen molar-refractivity contribution in [2.24, 2.45) is 0 Å². The number of hydrogen-bond donors (Lipinski definition) is 3. The van der Waals surface area contributed by atoms with Gasteiger partial charge >= 0.3 is 39.5 Å². The number of carbonyl (C=O) groups excluding carboxylic acids is 4. The number of phosphoric acid groups is 2. The van der Waals surface area contributed by atoms with E-state index in [1.54, 1.807) is 0 Å². The first kappa shape index (κ1) is 85.1. The van der Waals surface area contributed by atoms with E-state index in [0.717, 1.165) is 103 Å². The first-order valence-corrected chi connectivity index (χ1v) is 38.8. The number of aliphatic hydroxyl groups is 1. The molecule has 0 spiro atoms. The van der Waals surface area contributed by atoms with Crippen LogP contribution < -0.4 is 0 Å². The fraction of sp³-hybridized carbons (Fsp3) is 0.941. The Hall–Kier alpha value is -1.94. The van der Waals surface area contributed by atoms with Crippen LogP contribution in [0.5, 0.6) is 0 Å². The Morgan fingerprint density at radius 3 is 0.678 bits per heavy atom. The summed E-state index contributed by atoms with van der Waals surface area (Å²) in [6.45, 7) is 4.88. The third-order valence-electron chi connectivity index (χ3n) is 15.9. The largest absolute Gasteiger partial charge is 0.472 e. The predicted molar refractivity (Wildman–Crippen MR) is 349 cm³/mol. The van der Waals surface area contributed by atoms with Gasteiger partial charge in [0.1, 0.15) is 19.3 Å². The van der Waals surface area contributed by atoms with Crippen LogP contribution in [0.4, 0.5) is 0 Å². The number of esters is 4. The summed E-state index contributed by atoms with van der Waals surface area (Å²) in [6, 6.07) is 0. The van der Waals surface area contributed by atoms with Crippen LogP contribution in [0.1, 0.15) is 355 Å². The van der Waals surface area contributed by atoms with Gasteiger partial charge in [-0.25, -0.2) is 9.13 Å². The van der Waals surface area contributed by atoms with Crippen LogP contribution in [-0.4, -0.2) is 96.7 Å². The van der Waals surface area contributed by atoms with Gasteiger partial charge in [-0.2, -0.15) is 0 Å². The van der Waals surface area contributed by atoms with E-state index in [4.69, 9.17) is 37.0 Å².